The molecule has 33 heavy (non-hydrogen) atoms. The van der Waals surface area contributed by atoms with E-state index in [1.807, 2.05) is 35.8 Å². The number of aromatic amines is 1. The molecular weight excluding hydrogens is 442 g/mol. The van der Waals surface area contributed by atoms with Gasteiger partial charge in [0, 0.05) is 37.8 Å². The number of nitrogens with one attached hydrogen (secondary N) is 1. The van der Waals surface area contributed by atoms with Gasteiger partial charge in [-0.3, -0.25) is 20.1 Å². The second-order valence-electron chi connectivity index (χ2n) is 8.03. The van der Waals surface area contributed by atoms with Gasteiger partial charge >= 0.3 is 5.69 Å². The van der Waals surface area contributed by atoms with E-state index in [1.54, 1.807) is 12.1 Å². The van der Waals surface area contributed by atoms with E-state index in [1.165, 1.54) is 6.07 Å². The first-order valence-electron chi connectivity index (χ1n) is 10.9. The van der Waals surface area contributed by atoms with Crippen LogP contribution in [0.3, 0.4) is 0 Å². The zero-order valence-electron chi connectivity index (χ0n) is 18.5. The molecule has 2 aromatic carbocycles. The van der Waals surface area contributed by atoms with Gasteiger partial charge in [0.25, 0.3) is 0 Å². The smallest absolute Gasteiger partial charge is 0.311 e. The van der Waals surface area contributed by atoms with Crippen LogP contribution in [0.2, 0.25) is 0 Å². The Hall–Kier alpha value is -3.08. The van der Waals surface area contributed by atoms with Gasteiger partial charge in [-0.1, -0.05) is 24.3 Å². The van der Waals surface area contributed by atoms with E-state index >= 15 is 0 Å². The van der Waals surface area contributed by atoms with Crippen LogP contribution in [0.1, 0.15) is 17.5 Å². The maximum atomic E-state index is 11.3. The largest absolute Gasteiger partial charge is 0.482 e. The van der Waals surface area contributed by atoms with Crippen molar-refractivity contribution in [3.8, 4) is 17.1 Å². The fourth-order valence-corrected chi connectivity index (χ4v) is 4.10. The van der Waals surface area contributed by atoms with Gasteiger partial charge in [0.2, 0.25) is 0 Å². The van der Waals surface area contributed by atoms with E-state index < -0.39 is 4.92 Å². The van der Waals surface area contributed by atoms with Gasteiger partial charge in [0.1, 0.15) is 6.61 Å². The van der Waals surface area contributed by atoms with Crippen molar-refractivity contribution in [1.29, 1.82) is 0 Å². The third-order valence-corrected chi connectivity index (χ3v) is 5.92. The van der Waals surface area contributed by atoms with Crippen LogP contribution in [0.5, 0.6) is 5.75 Å². The molecule has 174 valence electrons. The molecule has 2 heterocycles. The second kappa shape index (κ2) is 10.7. The first-order valence-corrected chi connectivity index (χ1v) is 11.3. The van der Waals surface area contributed by atoms with E-state index in [0.717, 1.165) is 68.3 Å². The molecule has 1 fully saturated rings. The summed E-state index contributed by atoms with van der Waals surface area (Å²) in [6.45, 7) is 7.27. The van der Waals surface area contributed by atoms with Crippen LogP contribution in [0.25, 0.3) is 11.4 Å². The maximum absolute atomic E-state index is 11.3. The van der Waals surface area contributed by atoms with E-state index in [0.29, 0.717) is 4.77 Å². The molecular formula is C23H27N5O4S. The van der Waals surface area contributed by atoms with Crippen LogP contribution in [0.15, 0.2) is 42.5 Å². The standard InChI is InChI=1S/C23H27N5O4S/c1-17-6-7-21(20(14-17)28(29)30)32-16-18-4-2-5-19(15-18)22-24-25-23(33)27(22)9-3-8-26-10-12-31-13-11-26/h2,4-7,14-15H,3,8-13,16H2,1H3,(H,25,33). The highest BCUT2D eigenvalue weighted by Gasteiger charge is 2.16. The third kappa shape index (κ3) is 5.84. The topological polar surface area (TPSA) is 98.5 Å². The minimum Gasteiger partial charge on any atom is -0.482 e. The third-order valence-electron chi connectivity index (χ3n) is 5.61. The molecule has 1 aliphatic heterocycles. The summed E-state index contributed by atoms with van der Waals surface area (Å²) in [5.74, 6) is 1.02. The number of morpholine rings is 1. The van der Waals surface area contributed by atoms with Crippen molar-refractivity contribution in [1.82, 2.24) is 19.7 Å². The number of aryl methyl sites for hydroxylation is 1. The molecule has 0 aliphatic carbocycles. The normalized spacial score (nSPS) is 14.3. The molecule has 0 atom stereocenters. The summed E-state index contributed by atoms with van der Waals surface area (Å²) in [5, 5.41) is 18.7. The number of nitro groups is 1. The molecule has 4 rings (SSSR count). The molecule has 0 bridgehead atoms. The lowest BCUT2D eigenvalue weighted by Crippen LogP contribution is -2.37. The predicted octanol–water partition coefficient (Wildman–Crippen LogP) is 4.13. The molecule has 1 aliphatic rings. The Morgan fingerprint density at radius 1 is 1.21 bits per heavy atom. The van der Waals surface area contributed by atoms with Crippen molar-refractivity contribution in [3.05, 3.63) is 68.5 Å². The molecule has 9 nitrogen and oxygen atoms in total. The van der Waals surface area contributed by atoms with Gasteiger partial charge in [-0.15, -0.1) is 0 Å². The van der Waals surface area contributed by atoms with Crippen molar-refractivity contribution in [2.45, 2.75) is 26.5 Å². The monoisotopic (exact) mass is 469 g/mol. The van der Waals surface area contributed by atoms with Crippen molar-refractivity contribution in [3.63, 3.8) is 0 Å². The zero-order chi connectivity index (χ0) is 23.2. The van der Waals surface area contributed by atoms with Crippen molar-refractivity contribution < 1.29 is 14.4 Å². The molecule has 0 amide bonds. The quantitative estimate of drug-likeness (QED) is 0.286. The fraction of sp³-hybridized carbons (Fsp3) is 0.391. The Labute approximate surface area is 197 Å². The Morgan fingerprint density at radius 3 is 2.82 bits per heavy atom. The Kier molecular flexibility index (Phi) is 7.48. The zero-order valence-corrected chi connectivity index (χ0v) is 19.3. The molecule has 0 spiro atoms. The molecule has 0 radical (unpaired) electrons. The molecule has 3 aromatic rings. The fourth-order valence-electron chi connectivity index (χ4n) is 3.88. The van der Waals surface area contributed by atoms with Crippen LogP contribution < -0.4 is 4.74 Å². The van der Waals surface area contributed by atoms with Crippen molar-refractivity contribution in [2.24, 2.45) is 0 Å². The van der Waals surface area contributed by atoms with E-state index in [2.05, 4.69) is 15.1 Å². The molecule has 0 saturated carbocycles. The van der Waals surface area contributed by atoms with Crippen molar-refractivity contribution in [2.75, 3.05) is 32.8 Å². The second-order valence-corrected chi connectivity index (χ2v) is 8.42. The average Bonchev–Trinajstić information content (AvgIpc) is 3.19. The van der Waals surface area contributed by atoms with Crippen LogP contribution in [0.4, 0.5) is 5.69 Å². The van der Waals surface area contributed by atoms with E-state index in [4.69, 9.17) is 21.7 Å². The summed E-state index contributed by atoms with van der Waals surface area (Å²) < 4.78 is 13.8. The Morgan fingerprint density at radius 2 is 2.03 bits per heavy atom. The lowest BCUT2D eigenvalue weighted by molar-refractivity contribution is -0.386. The van der Waals surface area contributed by atoms with Crippen molar-refractivity contribution >= 4 is 17.9 Å². The first-order chi connectivity index (χ1) is 16.0. The molecule has 1 saturated heterocycles. The summed E-state index contributed by atoms with van der Waals surface area (Å²) in [5.41, 5.74) is 2.57. The highest BCUT2D eigenvalue weighted by molar-refractivity contribution is 7.71. The summed E-state index contributed by atoms with van der Waals surface area (Å²) in [7, 11) is 0. The van der Waals surface area contributed by atoms with Gasteiger partial charge in [-0.25, -0.2) is 0 Å². The molecule has 0 unspecified atom stereocenters. The number of benzene rings is 2. The van der Waals surface area contributed by atoms with Gasteiger partial charge < -0.3 is 14.0 Å². The van der Waals surface area contributed by atoms with Crippen LogP contribution in [0, 0.1) is 21.8 Å². The number of hydrogen-bond donors (Lipinski definition) is 1. The number of nitro benzene ring substituents is 1. The molecule has 1 aromatic heterocycles. The highest BCUT2D eigenvalue weighted by Crippen LogP contribution is 2.29. The SMILES string of the molecule is Cc1ccc(OCc2cccc(-c3n[nH]c(=S)n3CCCN3CCOCC3)c2)c([N+](=O)[O-])c1. The molecule has 1 N–H and O–H groups in total. The summed E-state index contributed by atoms with van der Waals surface area (Å²) in [4.78, 5) is 13.3. The van der Waals surface area contributed by atoms with Crippen LogP contribution in [-0.4, -0.2) is 57.4 Å². The lowest BCUT2D eigenvalue weighted by atomic mass is 10.1. The van der Waals surface area contributed by atoms with Crippen LogP contribution >= 0.6 is 12.2 Å². The maximum Gasteiger partial charge on any atom is 0.311 e. The highest BCUT2D eigenvalue weighted by atomic mass is 32.1. The number of aromatic nitrogens is 3. The van der Waals surface area contributed by atoms with Gasteiger partial charge in [-0.05, 0) is 48.8 Å². The summed E-state index contributed by atoms with van der Waals surface area (Å²) in [6, 6.07) is 12.7. The number of hydrogen-bond acceptors (Lipinski definition) is 7. The summed E-state index contributed by atoms with van der Waals surface area (Å²) in [6.07, 6.45) is 0.959. The average molecular weight is 470 g/mol. The van der Waals surface area contributed by atoms with E-state index in [-0.39, 0.29) is 18.0 Å². The Balaban J connectivity index is 1.45. The number of rotatable bonds is 9. The van der Waals surface area contributed by atoms with Gasteiger partial charge in [0.15, 0.2) is 16.3 Å². The van der Waals surface area contributed by atoms with Gasteiger partial charge in [0.05, 0.1) is 18.1 Å². The summed E-state index contributed by atoms with van der Waals surface area (Å²) >= 11 is 5.46. The Bertz CT molecular complexity index is 1170. The van der Waals surface area contributed by atoms with Crippen LogP contribution in [-0.2, 0) is 17.9 Å². The van der Waals surface area contributed by atoms with E-state index in [9.17, 15) is 10.1 Å². The minimum atomic E-state index is -0.423. The number of H-pyrrole nitrogens is 1. The predicted molar refractivity (Wildman–Crippen MR) is 127 cm³/mol. The minimum absolute atomic E-state index is 0.0349. The first kappa shape index (κ1) is 23.1. The number of ether oxygens (including phenoxy) is 2. The van der Waals surface area contributed by atoms with Gasteiger partial charge in [-0.2, -0.15) is 5.10 Å². The molecule has 10 heteroatoms. The number of nitrogens with zero attached hydrogens (tertiary/aromatic N) is 4. The lowest BCUT2D eigenvalue weighted by Gasteiger charge is -2.26.